The Labute approximate surface area is 125 Å². The van der Waals surface area contributed by atoms with Crippen LogP contribution in [0.1, 0.15) is 12.5 Å². The third-order valence-corrected chi connectivity index (χ3v) is 3.55. The van der Waals surface area contributed by atoms with Crippen LogP contribution in [-0.2, 0) is 11.3 Å². The number of nitrogens with zero attached hydrogens (tertiary/aromatic N) is 4. The third kappa shape index (κ3) is 3.70. The number of hydrogen-bond donors (Lipinski definition) is 0. The molecule has 0 spiro atoms. The lowest BCUT2D eigenvalue weighted by Gasteiger charge is -2.25. The molecule has 0 aliphatic rings. The van der Waals surface area contributed by atoms with Gasteiger partial charge in [0.15, 0.2) is 0 Å². The predicted octanol–water partition coefficient (Wildman–Crippen LogP) is 1.78. The van der Waals surface area contributed by atoms with Crippen molar-refractivity contribution >= 4 is 5.91 Å². The molecule has 2 rings (SSSR count). The molecule has 1 aromatic carbocycles. The molecule has 0 radical (unpaired) electrons. The van der Waals surface area contributed by atoms with Crippen LogP contribution in [-0.4, -0.2) is 52.7 Å². The van der Waals surface area contributed by atoms with E-state index in [1.54, 1.807) is 19.0 Å². The van der Waals surface area contributed by atoms with Crippen LogP contribution in [0.2, 0.25) is 0 Å². The van der Waals surface area contributed by atoms with Crippen LogP contribution in [0.3, 0.4) is 0 Å². The molecule has 5 nitrogen and oxygen atoms in total. The Morgan fingerprint density at radius 2 is 1.90 bits per heavy atom. The van der Waals surface area contributed by atoms with Gasteiger partial charge in [0.1, 0.15) is 0 Å². The molecule has 0 saturated carbocycles. The van der Waals surface area contributed by atoms with Crippen molar-refractivity contribution in [2.75, 3.05) is 21.1 Å². The maximum atomic E-state index is 12.0. The van der Waals surface area contributed by atoms with E-state index in [4.69, 9.17) is 0 Å². The Kier molecular flexibility index (Phi) is 4.75. The van der Waals surface area contributed by atoms with Crippen LogP contribution in [0.15, 0.2) is 42.7 Å². The number of carbonyl (C=O) groups is 1. The van der Waals surface area contributed by atoms with Gasteiger partial charge in [0, 0.05) is 32.4 Å². The first-order valence-corrected chi connectivity index (χ1v) is 6.99. The van der Waals surface area contributed by atoms with E-state index < -0.39 is 0 Å². The van der Waals surface area contributed by atoms with Crippen LogP contribution in [0.5, 0.6) is 0 Å². The van der Waals surface area contributed by atoms with E-state index in [1.807, 2.05) is 66.3 Å². The number of para-hydroxylation sites is 1. The topological polar surface area (TPSA) is 41.4 Å². The van der Waals surface area contributed by atoms with Gasteiger partial charge in [-0.05, 0) is 26.1 Å². The summed E-state index contributed by atoms with van der Waals surface area (Å²) in [6.07, 6.45) is 3.84. The zero-order chi connectivity index (χ0) is 15.4. The van der Waals surface area contributed by atoms with E-state index in [-0.39, 0.29) is 11.9 Å². The van der Waals surface area contributed by atoms with Gasteiger partial charge < -0.3 is 4.90 Å². The Morgan fingerprint density at radius 1 is 1.24 bits per heavy atom. The lowest BCUT2D eigenvalue weighted by molar-refractivity contribution is -0.133. The van der Waals surface area contributed by atoms with Crippen LogP contribution < -0.4 is 0 Å². The molecule has 1 unspecified atom stereocenters. The molecule has 0 fully saturated rings. The predicted molar refractivity (Wildman–Crippen MR) is 83.2 cm³/mol. The summed E-state index contributed by atoms with van der Waals surface area (Å²) in [6, 6.07) is 9.83. The second-order valence-electron chi connectivity index (χ2n) is 5.45. The molecule has 2 aromatic rings. The average molecular weight is 286 g/mol. The van der Waals surface area contributed by atoms with Crippen molar-refractivity contribution in [3.05, 3.63) is 48.3 Å². The van der Waals surface area contributed by atoms with E-state index in [1.165, 1.54) is 0 Å². The van der Waals surface area contributed by atoms with Gasteiger partial charge in [-0.1, -0.05) is 18.2 Å². The zero-order valence-electron chi connectivity index (χ0n) is 13.0. The largest absolute Gasteiger partial charge is 0.347 e. The van der Waals surface area contributed by atoms with Crippen LogP contribution in [0, 0.1) is 0 Å². The monoisotopic (exact) mass is 286 g/mol. The fourth-order valence-corrected chi connectivity index (χ4v) is 2.15. The summed E-state index contributed by atoms with van der Waals surface area (Å²) >= 11 is 0. The maximum Gasteiger partial charge on any atom is 0.239 e. The minimum absolute atomic E-state index is 0.105. The molecule has 21 heavy (non-hydrogen) atoms. The molecule has 112 valence electrons. The number of rotatable bonds is 5. The van der Waals surface area contributed by atoms with Crippen LogP contribution >= 0.6 is 0 Å². The highest BCUT2D eigenvalue weighted by molar-refractivity contribution is 5.80. The number of likely N-dealkylation sites (N-methyl/N-ethyl adjacent to an activating group) is 2. The van der Waals surface area contributed by atoms with Gasteiger partial charge in [-0.25, -0.2) is 4.68 Å². The van der Waals surface area contributed by atoms with Crippen molar-refractivity contribution in [2.24, 2.45) is 0 Å². The highest BCUT2D eigenvalue weighted by Crippen LogP contribution is 2.11. The Morgan fingerprint density at radius 3 is 2.52 bits per heavy atom. The molecular weight excluding hydrogens is 264 g/mol. The first-order valence-electron chi connectivity index (χ1n) is 6.99. The van der Waals surface area contributed by atoms with Crippen molar-refractivity contribution in [3.63, 3.8) is 0 Å². The van der Waals surface area contributed by atoms with Gasteiger partial charge in [-0.3, -0.25) is 9.69 Å². The van der Waals surface area contributed by atoms with Crippen LogP contribution in [0.4, 0.5) is 0 Å². The van der Waals surface area contributed by atoms with Crippen molar-refractivity contribution in [3.8, 4) is 5.69 Å². The smallest absolute Gasteiger partial charge is 0.239 e. The van der Waals surface area contributed by atoms with E-state index in [0.29, 0.717) is 6.54 Å². The van der Waals surface area contributed by atoms with Gasteiger partial charge in [0.05, 0.1) is 17.9 Å². The zero-order valence-corrected chi connectivity index (χ0v) is 13.0. The Hall–Kier alpha value is -2.14. The number of hydrogen-bond acceptors (Lipinski definition) is 3. The standard InChI is InChI=1S/C16H22N4O/c1-13(16(21)18(2)3)19(4)11-14-10-17-20(12-14)15-8-6-5-7-9-15/h5-10,12-13H,11H2,1-4H3. The Balaban J connectivity index is 2.04. The van der Waals surface area contributed by atoms with E-state index in [9.17, 15) is 4.79 Å². The number of benzene rings is 1. The van der Waals surface area contributed by atoms with Crippen molar-refractivity contribution in [1.82, 2.24) is 19.6 Å². The molecule has 0 N–H and O–H groups in total. The number of carbonyl (C=O) groups excluding carboxylic acids is 1. The molecule has 0 bridgehead atoms. The highest BCUT2D eigenvalue weighted by Gasteiger charge is 2.20. The van der Waals surface area contributed by atoms with E-state index >= 15 is 0 Å². The minimum atomic E-state index is -0.153. The van der Waals surface area contributed by atoms with Gasteiger partial charge in [-0.2, -0.15) is 5.10 Å². The molecule has 1 aromatic heterocycles. The second-order valence-corrected chi connectivity index (χ2v) is 5.45. The quantitative estimate of drug-likeness (QED) is 0.841. The summed E-state index contributed by atoms with van der Waals surface area (Å²) in [5.74, 6) is 0.105. The Bertz CT molecular complexity index is 591. The molecular formula is C16H22N4O. The molecule has 0 aliphatic carbocycles. The minimum Gasteiger partial charge on any atom is -0.347 e. The van der Waals surface area contributed by atoms with Gasteiger partial charge in [0.25, 0.3) is 0 Å². The summed E-state index contributed by atoms with van der Waals surface area (Å²) in [6.45, 7) is 2.61. The highest BCUT2D eigenvalue weighted by atomic mass is 16.2. The fraction of sp³-hybridized carbons (Fsp3) is 0.375. The molecule has 1 atom stereocenters. The summed E-state index contributed by atoms with van der Waals surface area (Å²) in [4.78, 5) is 15.6. The van der Waals surface area contributed by atoms with Gasteiger partial charge in [-0.15, -0.1) is 0 Å². The second kappa shape index (κ2) is 6.54. The van der Waals surface area contributed by atoms with E-state index in [2.05, 4.69) is 5.10 Å². The van der Waals surface area contributed by atoms with Gasteiger partial charge >= 0.3 is 0 Å². The first-order chi connectivity index (χ1) is 9.99. The normalized spacial score (nSPS) is 12.4. The molecule has 5 heteroatoms. The summed E-state index contributed by atoms with van der Waals surface area (Å²) in [5.41, 5.74) is 2.11. The van der Waals surface area contributed by atoms with E-state index in [0.717, 1.165) is 11.3 Å². The van der Waals surface area contributed by atoms with Crippen molar-refractivity contribution < 1.29 is 4.79 Å². The maximum absolute atomic E-state index is 12.0. The molecule has 1 heterocycles. The number of aromatic nitrogens is 2. The summed E-state index contributed by atoms with van der Waals surface area (Å²) in [7, 11) is 5.51. The fourth-order valence-electron chi connectivity index (χ4n) is 2.15. The SMILES string of the molecule is CC(C(=O)N(C)C)N(C)Cc1cnn(-c2ccccc2)c1. The van der Waals surface area contributed by atoms with Crippen molar-refractivity contribution in [1.29, 1.82) is 0 Å². The number of amides is 1. The van der Waals surface area contributed by atoms with Crippen LogP contribution in [0.25, 0.3) is 5.69 Å². The molecule has 0 aliphatic heterocycles. The molecule has 1 amide bonds. The first kappa shape index (κ1) is 15.3. The van der Waals surface area contributed by atoms with Gasteiger partial charge in [0.2, 0.25) is 5.91 Å². The summed E-state index contributed by atoms with van der Waals surface area (Å²) in [5, 5.41) is 4.37. The molecule has 0 saturated heterocycles. The summed E-state index contributed by atoms with van der Waals surface area (Å²) < 4.78 is 1.85. The lowest BCUT2D eigenvalue weighted by Crippen LogP contribution is -2.42. The van der Waals surface area contributed by atoms with Crippen molar-refractivity contribution in [2.45, 2.75) is 19.5 Å². The third-order valence-electron chi connectivity index (χ3n) is 3.55. The lowest BCUT2D eigenvalue weighted by atomic mass is 10.2. The average Bonchev–Trinajstić information content (AvgIpc) is 2.95.